The predicted octanol–water partition coefficient (Wildman–Crippen LogP) is 3.68. The van der Waals surface area contributed by atoms with Gasteiger partial charge in [0, 0.05) is 40.9 Å². The Morgan fingerprint density at radius 2 is 1.67 bits per heavy atom. The van der Waals surface area contributed by atoms with Crippen molar-refractivity contribution in [3.05, 3.63) is 0 Å². The van der Waals surface area contributed by atoms with Crippen LogP contribution in [0, 0.1) is 0 Å². The van der Waals surface area contributed by atoms with Crippen molar-refractivity contribution in [2.45, 2.75) is 51.4 Å². The fourth-order valence-electron chi connectivity index (χ4n) is 1.72. The molecule has 5 heteroatoms. The molecule has 3 nitrogen and oxygen atoms in total. The Bertz CT molecular complexity index is 222. The summed E-state index contributed by atoms with van der Waals surface area (Å²) < 4.78 is 10.8. The van der Waals surface area contributed by atoms with Gasteiger partial charge in [-0.3, -0.25) is 4.79 Å². The van der Waals surface area contributed by atoms with Crippen LogP contribution in [0.15, 0.2) is 0 Å². The van der Waals surface area contributed by atoms with Crippen LogP contribution >= 0.6 is 11.6 Å². The van der Waals surface area contributed by atoms with E-state index >= 15 is 0 Å². The summed E-state index contributed by atoms with van der Waals surface area (Å²) in [6.45, 7) is 9.77. The number of ether oxygens (including phenoxy) is 2. The second-order valence-electron chi connectivity index (χ2n) is 5.29. The van der Waals surface area contributed by atoms with Gasteiger partial charge in [0.05, 0.1) is 0 Å². The lowest BCUT2D eigenvalue weighted by atomic mass is 10.5. The van der Waals surface area contributed by atoms with E-state index in [-0.39, 0.29) is 5.24 Å². The standard InChI is InChI=1S/C13H27ClO3Si/c1-4-16-8-5-9-17-10-6-11-18(2,3)12-7-13(14)15/h4-12H2,1-3H3. The van der Waals surface area contributed by atoms with Crippen LogP contribution < -0.4 is 0 Å². The van der Waals surface area contributed by atoms with Gasteiger partial charge in [-0.25, -0.2) is 0 Å². The smallest absolute Gasteiger partial charge is 0.221 e. The molecule has 0 aromatic heterocycles. The molecule has 0 heterocycles. The first-order valence-corrected chi connectivity index (χ1v) is 10.6. The van der Waals surface area contributed by atoms with Crippen LogP contribution in [0.3, 0.4) is 0 Å². The molecule has 0 unspecified atom stereocenters. The van der Waals surface area contributed by atoms with Crippen LogP contribution in [0.25, 0.3) is 0 Å². The molecule has 108 valence electrons. The number of rotatable bonds is 12. The molecule has 0 bridgehead atoms. The molecular formula is C13H27ClO3Si. The first kappa shape index (κ1) is 18.1. The highest BCUT2D eigenvalue weighted by Crippen LogP contribution is 2.20. The maximum Gasteiger partial charge on any atom is 0.221 e. The molecule has 0 aliphatic rings. The molecule has 0 rings (SSSR count). The van der Waals surface area contributed by atoms with Gasteiger partial charge in [0.2, 0.25) is 5.24 Å². The molecule has 0 radical (unpaired) electrons. The molecule has 0 fully saturated rings. The molecule has 0 amide bonds. The van der Waals surface area contributed by atoms with Gasteiger partial charge in [-0.05, 0) is 37.4 Å². The van der Waals surface area contributed by atoms with Crippen molar-refractivity contribution in [2.75, 3.05) is 26.4 Å². The third kappa shape index (κ3) is 12.6. The number of carbonyl (C=O) groups is 1. The van der Waals surface area contributed by atoms with Crippen molar-refractivity contribution in [1.82, 2.24) is 0 Å². The third-order valence-corrected chi connectivity index (χ3v) is 6.42. The van der Waals surface area contributed by atoms with Crippen LogP contribution in [-0.2, 0) is 14.3 Å². The topological polar surface area (TPSA) is 35.5 Å². The van der Waals surface area contributed by atoms with Gasteiger partial charge < -0.3 is 9.47 Å². The number of halogens is 1. The predicted molar refractivity (Wildman–Crippen MR) is 79.1 cm³/mol. The second kappa shape index (κ2) is 11.0. The van der Waals surface area contributed by atoms with E-state index < -0.39 is 8.07 Å². The molecule has 0 aliphatic carbocycles. The molecular weight excluding hydrogens is 268 g/mol. The molecule has 0 atom stereocenters. The average molecular weight is 295 g/mol. The first-order chi connectivity index (χ1) is 8.48. The van der Waals surface area contributed by atoms with E-state index in [0.717, 1.165) is 45.3 Å². The van der Waals surface area contributed by atoms with Crippen molar-refractivity contribution in [3.63, 3.8) is 0 Å². The Kier molecular flexibility index (Phi) is 11.0. The lowest BCUT2D eigenvalue weighted by Crippen LogP contribution is -2.25. The van der Waals surface area contributed by atoms with E-state index in [4.69, 9.17) is 21.1 Å². The average Bonchev–Trinajstić information content (AvgIpc) is 2.30. The summed E-state index contributed by atoms with van der Waals surface area (Å²) in [5, 5.41) is -0.206. The zero-order valence-corrected chi connectivity index (χ0v) is 13.7. The van der Waals surface area contributed by atoms with Gasteiger partial charge in [-0.15, -0.1) is 0 Å². The summed E-state index contributed by atoms with van der Waals surface area (Å²) in [6, 6.07) is 2.18. The van der Waals surface area contributed by atoms with E-state index in [1.54, 1.807) is 0 Å². The van der Waals surface area contributed by atoms with Crippen LogP contribution in [0.1, 0.15) is 26.2 Å². The molecule has 0 saturated heterocycles. The lowest BCUT2D eigenvalue weighted by Gasteiger charge is -2.21. The van der Waals surface area contributed by atoms with Crippen LogP contribution in [0.4, 0.5) is 0 Å². The Hall–Kier alpha value is 0.0969. The molecule has 0 N–H and O–H groups in total. The SMILES string of the molecule is CCOCCCOCCC[Si](C)(C)CCC(=O)Cl. The minimum atomic E-state index is -1.26. The summed E-state index contributed by atoms with van der Waals surface area (Å²) >= 11 is 5.37. The first-order valence-electron chi connectivity index (χ1n) is 6.82. The Balaban J connectivity index is 3.38. The quantitative estimate of drug-likeness (QED) is 0.313. The zero-order valence-electron chi connectivity index (χ0n) is 12.0. The van der Waals surface area contributed by atoms with Crippen LogP contribution in [-0.4, -0.2) is 39.7 Å². The normalized spacial score (nSPS) is 11.8. The van der Waals surface area contributed by atoms with Gasteiger partial charge in [-0.2, -0.15) is 0 Å². The molecule has 0 saturated carbocycles. The van der Waals surface area contributed by atoms with Gasteiger partial charge >= 0.3 is 0 Å². The van der Waals surface area contributed by atoms with E-state index in [0.29, 0.717) is 6.42 Å². The van der Waals surface area contributed by atoms with Crippen molar-refractivity contribution in [3.8, 4) is 0 Å². The fraction of sp³-hybridized carbons (Fsp3) is 0.923. The molecule has 0 aromatic carbocycles. The maximum absolute atomic E-state index is 10.7. The van der Waals surface area contributed by atoms with Crippen LogP contribution in [0.2, 0.25) is 25.2 Å². The third-order valence-electron chi connectivity index (χ3n) is 2.92. The number of hydrogen-bond acceptors (Lipinski definition) is 3. The van der Waals surface area contributed by atoms with Crippen molar-refractivity contribution < 1.29 is 14.3 Å². The number of hydrogen-bond donors (Lipinski definition) is 0. The van der Waals surface area contributed by atoms with Gasteiger partial charge in [0.1, 0.15) is 0 Å². The molecule has 0 spiro atoms. The summed E-state index contributed by atoms with van der Waals surface area (Å²) in [5.41, 5.74) is 0. The Labute approximate surface area is 117 Å². The van der Waals surface area contributed by atoms with Gasteiger partial charge in [0.15, 0.2) is 0 Å². The highest BCUT2D eigenvalue weighted by atomic mass is 35.5. The summed E-state index contributed by atoms with van der Waals surface area (Å²) in [5.74, 6) is 0. The van der Waals surface area contributed by atoms with E-state index in [9.17, 15) is 4.79 Å². The van der Waals surface area contributed by atoms with Gasteiger partial charge in [0.25, 0.3) is 0 Å². The maximum atomic E-state index is 10.7. The van der Waals surface area contributed by atoms with E-state index in [1.165, 1.54) is 6.04 Å². The Morgan fingerprint density at radius 3 is 2.28 bits per heavy atom. The fourth-order valence-corrected chi connectivity index (χ4v) is 4.23. The minimum absolute atomic E-state index is 0.206. The molecule has 0 aliphatic heterocycles. The Morgan fingerprint density at radius 1 is 1.06 bits per heavy atom. The molecule has 0 aromatic rings. The van der Waals surface area contributed by atoms with Crippen molar-refractivity contribution in [2.24, 2.45) is 0 Å². The van der Waals surface area contributed by atoms with Crippen molar-refractivity contribution >= 4 is 24.9 Å². The highest BCUT2D eigenvalue weighted by molar-refractivity contribution is 6.78. The summed E-state index contributed by atoms with van der Waals surface area (Å²) in [7, 11) is -1.26. The second-order valence-corrected chi connectivity index (χ2v) is 11.0. The van der Waals surface area contributed by atoms with Crippen LogP contribution in [0.5, 0.6) is 0 Å². The van der Waals surface area contributed by atoms with E-state index in [2.05, 4.69) is 13.1 Å². The van der Waals surface area contributed by atoms with E-state index in [1.807, 2.05) is 6.92 Å². The summed E-state index contributed by atoms with van der Waals surface area (Å²) in [4.78, 5) is 10.7. The highest BCUT2D eigenvalue weighted by Gasteiger charge is 2.20. The largest absolute Gasteiger partial charge is 0.382 e. The zero-order chi connectivity index (χ0) is 13.9. The van der Waals surface area contributed by atoms with Crippen molar-refractivity contribution in [1.29, 1.82) is 0 Å². The van der Waals surface area contributed by atoms with Gasteiger partial charge in [-0.1, -0.05) is 19.1 Å². The number of carbonyl (C=O) groups excluding carboxylic acids is 1. The summed E-state index contributed by atoms with van der Waals surface area (Å²) in [6.07, 6.45) is 2.58. The molecule has 18 heavy (non-hydrogen) atoms. The minimum Gasteiger partial charge on any atom is -0.382 e. The lowest BCUT2D eigenvalue weighted by molar-refractivity contribution is -0.111. The monoisotopic (exact) mass is 294 g/mol.